The molecule has 6 nitrogen and oxygen atoms in total. The average Bonchev–Trinajstić information content (AvgIpc) is 3.06. The van der Waals surface area contributed by atoms with Crippen LogP contribution in [-0.4, -0.2) is 19.8 Å². The summed E-state index contributed by atoms with van der Waals surface area (Å²) in [5, 5.41) is 13.2. The lowest BCUT2D eigenvalue weighted by Gasteiger charge is -2.05. The number of hydrogen-bond donors (Lipinski definition) is 0. The van der Waals surface area contributed by atoms with Gasteiger partial charge in [-0.1, -0.05) is 59.9 Å². The van der Waals surface area contributed by atoms with Gasteiger partial charge in [-0.2, -0.15) is 9.61 Å². The van der Waals surface area contributed by atoms with E-state index in [-0.39, 0.29) is 17.9 Å². The van der Waals surface area contributed by atoms with Crippen molar-refractivity contribution < 1.29 is 4.74 Å². The molecule has 2 aromatic heterocycles. The molecule has 0 spiro atoms. The lowest BCUT2D eigenvalue weighted by molar-refractivity contribution is 0.302. The Labute approximate surface area is 147 Å². The number of hydrogen-bond acceptors (Lipinski definition) is 6. The second-order valence-electron chi connectivity index (χ2n) is 5.46. The van der Waals surface area contributed by atoms with Crippen molar-refractivity contribution in [3.05, 3.63) is 75.5 Å². The minimum atomic E-state index is -0.283. The Morgan fingerprint density at radius 1 is 1.04 bits per heavy atom. The minimum Gasteiger partial charge on any atom is -0.486 e. The highest BCUT2D eigenvalue weighted by Crippen LogP contribution is 2.20. The van der Waals surface area contributed by atoms with Gasteiger partial charge in [0.2, 0.25) is 4.96 Å². The van der Waals surface area contributed by atoms with Crippen LogP contribution >= 0.6 is 11.3 Å². The highest BCUT2D eigenvalue weighted by molar-refractivity contribution is 7.16. The fraction of sp³-hybridized carbons (Fsp3) is 0.111. The molecule has 2 aromatic carbocycles. The Balaban J connectivity index is 1.66. The van der Waals surface area contributed by atoms with E-state index in [1.165, 1.54) is 15.9 Å². The van der Waals surface area contributed by atoms with Crippen molar-refractivity contribution in [2.75, 3.05) is 0 Å². The van der Waals surface area contributed by atoms with Gasteiger partial charge in [-0.3, -0.25) is 4.79 Å². The third-order valence-corrected chi connectivity index (χ3v) is 4.60. The van der Waals surface area contributed by atoms with Gasteiger partial charge in [-0.15, -0.1) is 10.2 Å². The molecule has 25 heavy (non-hydrogen) atoms. The maximum Gasteiger partial charge on any atom is 0.302 e. The molecule has 2 heterocycles. The van der Waals surface area contributed by atoms with Crippen molar-refractivity contribution in [2.45, 2.75) is 13.5 Å². The molecule has 0 unspecified atom stereocenters. The Bertz CT molecular complexity index is 1090. The Morgan fingerprint density at radius 3 is 2.60 bits per heavy atom. The SMILES string of the molecule is Cc1ccccc1OCc1nn2c(=O)c(-c3ccccc3)nnc2s1. The van der Waals surface area contributed by atoms with Crippen LogP contribution in [0.4, 0.5) is 0 Å². The third-order valence-electron chi connectivity index (χ3n) is 3.72. The van der Waals surface area contributed by atoms with Gasteiger partial charge in [0.1, 0.15) is 12.4 Å². The molecular weight excluding hydrogens is 336 g/mol. The topological polar surface area (TPSA) is 69.4 Å². The van der Waals surface area contributed by atoms with Crippen LogP contribution in [0.1, 0.15) is 10.6 Å². The Kier molecular flexibility index (Phi) is 3.99. The number of ether oxygens (including phenoxy) is 1. The summed E-state index contributed by atoms with van der Waals surface area (Å²) in [4.78, 5) is 13.1. The van der Waals surface area contributed by atoms with Crippen LogP contribution in [0.3, 0.4) is 0 Å². The van der Waals surface area contributed by atoms with E-state index in [9.17, 15) is 4.79 Å². The molecule has 124 valence electrons. The van der Waals surface area contributed by atoms with Crippen LogP contribution < -0.4 is 10.3 Å². The second kappa shape index (κ2) is 6.45. The predicted molar refractivity (Wildman–Crippen MR) is 95.9 cm³/mol. The van der Waals surface area contributed by atoms with Crippen molar-refractivity contribution in [1.82, 2.24) is 19.8 Å². The standard InChI is InChI=1S/C18H14N4O2S/c1-12-7-5-6-10-14(12)24-11-15-21-22-17(23)16(19-20-18(22)25-15)13-8-3-2-4-9-13/h2-10H,11H2,1H3. The number of rotatable bonds is 4. The largest absolute Gasteiger partial charge is 0.486 e. The van der Waals surface area contributed by atoms with E-state index in [1.807, 2.05) is 61.5 Å². The van der Waals surface area contributed by atoms with E-state index in [4.69, 9.17) is 4.74 Å². The maximum absolute atomic E-state index is 12.6. The smallest absolute Gasteiger partial charge is 0.302 e. The molecule has 0 aliphatic heterocycles. The zero-order valence-corrected chi connectivity index (χ0v) is 14.2. The summed E-state index contributed by atoms with van der Waals surface area (Å²) in [5.74, 6) is 0.796. The summed E-state index contributed by atoms with van der Waals surface area (Å²) in [6.07, 6.45) is 0. The van der Waals surface area contributed by atoms with Gasteiger partial charge in [0.05, 0.1) is 0 Å². The maximum atomic E-state index is 12.6. The number of aromatic nitrogens is 4. The van der Waals surface area contributed by atoms with Crippen molar-refractivity contribution in [3.63, 3.8) is 0 Å². The van der Waals surface area contributed by atoms with Gasteiger partial charge in [-0.25, -0.2) is 0 Å². The van der Waals surface area contributed by atoms with Gasteiger partial charge < -0.3 is 4.74 Å². The summed E-state index contributed by atoms with van der Waals surface area (Å²) < 4.78 is 7.08. The Morgan fingerprint density at radius 2 is 1.80 bits per heavy atom. The number of nitrogens with zero attached hydrogens (tertiary/aromatic N) is 4. The molecule has 0 bridgehead atoms. The first-order chi connectivity index (χ1) is 12.2. The van der Waals surface area contributed by atoms with Crippen LogP contribution in [0.5, 0.6) is 5.75 Å². The third kappa shape index (κ3) is 3.01. The molecule has 7 heteroatoms. The van der Waals surface area contributed by atoms with E-state index in [0.29, 0.717) is 9.97 Å². The molecule has 0 amide bonds. The second-order valence-corrected chi connectivity index (χ2v) is 6.50. The number of benzene rings is 2. The van der Waals surface area contributed by atoms with Crippen LogP contribution in [0.25, 0.3) is 16.2 Å². The summed E-state index contributed by atoms with van der Waals surface area (Å²) >= 11 is 1.29. The summed E-state index contributed by atoms with van der Waals surface area (Å²) in [6, 6.07) is 17.0. The van der Waals surface area contributed by atoms with E-state index in [1.54, 1.807) is 0 Å². The van der Waals surface area contributed by atoms with Crippen molar-refractivity contribution in [2.24, 2.45) is 0 Å². The van der Waals surface area contributed by atoms with Crippen molar-refractivity contribution in [3.8, 4) is 17.0 Å². The van der Waals surface area contributed by atoms with Crippen molar-refractivity contribution in [1.29, 1.82) is 0 Å². The van der Waals surface area contributed by atoms with Gasteiger partial charge >= 0.3 is 5.56 Å². The molecule has 0 atom stereocenters. The molecule has 0 radical (unpaired) electrons. The molecule has 0 fully saturated rings. The van der Waals surface area contributed by atoms with Crippen LogP contribution in [-0.2, 0) is 6.61 Å². The first-order valence-corrected chi connectivity index (χ1v) is 8.53. The summed E-state index contributed by atoms with van der Waals surface area (Å²) in [7, 11) is 0. The lowest BCUT2D eigenvalue weighted by atomic mass is 10.2. The zero-order chi connectivity index (χ0) is 17.2. The first kappa shape index (κ1) is 15.5. The monoisotopic (exact) mass is 350 g/mol. The van der Waals surface area contributed by atoms with Crippen LogP contribution in [0, 0.1) is 6.92 Å². The predicted octanol–water partition coefficient (Wildman–Crippen LogP) is 3.10. The molecule has 0 saturated carbocycles. The van der Waals surface area contributed by atoms with E-state index in [0.717, 1.165) is 16.9 Å². The number of para-hydroxylation sites is 1. The molecule has 4 aromatic rings. The van der Waals surface area contributed by atoms with E-state index < -0.39 is 0 Å². The molecule has 0 aliphatic carbocycles. The van der Waals surface area contributed by atoms with Gasteiger partial charge in [0.15, 0.2) is 10.7 Å². The lowest BCUT2D eigenvalue weighted by Crippen LogP contribution is -2.19. The average molecular weight is 350 g/mol. The van der Waals surface area contributed by atoms with Gasteiger partial charge in [-0.05, 0) is 18.6 Å². The quantitative estimate of drug-likeness (QED) is 0.566. The molecule has 4 rings (SSSR count). The molecule has 0 N–H and O–H groups in total. The number of fused-ring (bicyclic) bond motifs is 1. The highest BCUT2D eigenvalue weighted by atomic mass is 32.1. The fourth-order valence-electron chi connectivity index (χ4n) is 2.45. The van der Waals surface area contributed by atoms with Gasteiger partial charge in [0, 0.05) is 5.56 Å². The normalized spacial score (nSPS) is 10.9. The fourth-order valence-corrected chi connectivity index (χ4v) is 3.19. The molecular formula is C18H14N4O2S. The van der Waals surface area contributed by atoms with Crippen molar-refractivity contribution >= 4 is 16.3 Å². The van der Waals surface area contributed by atoms with E-state index >= 15 is 0 Å². The summed E-state index contributed by atoms with van der Waals surface area (Å²) in [5.41, 5.74) is 1.77. The summed E-state index contributed by atoms with van der Waals surface area (Å²) in [6.45, 7) is 2.26. The zero-order valence-electron chi connectivity index (χ0n) is 13.4. The minimum absolute atomic E-state index is 0.277. The van der Waals surface area contributed by atoms with Crippen LogP contribution in [0.15, 0.2) is 59.4 Å². The Hall–Kier alpha value is -3.06. The number of aryl methyl sites for hydroxylation is 1. The molecule has 0 saturated heterocycles. The van der Waals surface area contributed by atoms with Crippen LogP contribution in [0.2, 0.25) is 0 Å². The van der Waals surface area contributed by atoms with Gasteiger partial charge in [0.25, 0.3) is 0 Å². The highest BCUT2D eigenvalue weighted by Gasteiger charge is 2.13. The first-order valence-electron chi connectivity index (χ1n) is 7.71. The molecule has 0 aliphatic rings. The van der Waals surface area contributed by atoms with E-state index in [2.05, 4.69) is 15.3 Å².